The third-order valence-corrected chi connectivity index (χ3v) is 5.55. The fraction of sp³-hybridized carbons (Fsp3) is 0.435. The molecule has 0 aromatic heterocycles. The van der Waals surface area contributed by atoms with Crippen LogP contribution in [0, 0.1) is 0 Å². The molecule has 2 aromatic rings. The van der Waals surface area contributed by atoms with Gasteiger partial charge < -0.3 is 20.3 Å². The highest BCUT2D eigenvalue weighted by Gasteiger charge is 2.24. The molecule has 0 amide bonds. The molecular formula is C23H30N4O. The maximum absolute atomic E-state index is 5.78. The Morgan fingerprint density at radius 3 is 2.79 bits per heavy atom. The molecule has 0 radical (unpaired) electrons. The molecule has 148 valence electrons. The van der Waals surface area contributed by atoms with Crippen LogP contribution in [0.5, 0.6) is 5.75 Å². The predicted octanol–water partition coefficient (Wildman–Crippen LogP) is 3.39. The fourth-order valence-corrected chi connectivity index (χ4v) is 4.07. The van der Waals surface area contributed by atoms with Gasteiger partial charge in [0.2, 0.25) is 0 Å². The van der Waals surface area contributed by atoms with Gasteiger partial charge in [-0.25, -0.2) is 0 Å². The Morgan fingerprint density at radius 1 is 1.11 bits per heavy atom. The predicted molar refractivity (Wildman–Crippen MR) is 115 cm³/mol. The van der Waals surface area contributed by atoms with Crippen molar-refractivity contribution in [2.75, 3.05) is 37.7 Å². The van der Waals surface area contributed by atoms with E-state index in [1.165, 1.54) is 11.3 Å². The summed E-state index contributed by atoms with van der Waals surface area (Å²) in [5.41, 5.74) is 2.58. The molecule has 2 aliphatic heterocycles. The van der Waals surface area contributed by atoms with Crippen molar-refractivity contribution in [2.24, 2.45) is 4.99 Å². The molecule has 5 nitrogen and oxygen atoms in total. The largest absolute Gasteiger partial charge is 0.493 e. The first-order chi connectivity index (χ1) is 13.8. The quantitative estimate of drug-likeness (QED) is 0.619. The summed E-state index contributed by atoms with van der Waals surface area (Å²) in [5.74, 6) is 2.36. The Kier molecular flexibility index (Phi) is 6.00. The third kappa shape index (κ3) is 4.41. The van der Waals surface area contributed by atoms with Crippen molar-refractivity contribution in [2.45, 2.75) is 31.7 Å². The van der Waals surface area contributed by atoms with Gasteiger partial charge in [-0.1, -0.05) is 36.4 Å². The van der Waals surface area contributed by atoms with Crippen molar-refractivity contribution in [3.63, 3.8) is 0 Å². The van der Waals surface area contributed by atoms with Crippen LogP contribution in [0.25, 0.3) is 0 Å². The molecule has 2 unspecified atom stereocenters. The number of ether oxygens (including phenoxy) is 1. The molecule has 1 fully saturated rings. The van der Waals surface area contributed by atoms with Gasteiger partial charge in [-0.15, -0.1) is 0 Å². The van der Waals surface area contributed by atoms with Crippen molar-refractivity contribution in [3.05, 3.63) is 60.2 Å². The third-order valence-electron chi connectivity index (χ3n) is 5.55. The molecule has 0 bridgehead atoms. The average Bonchev–Trinajstić information content (AvgIpc) is 3.21. The number of hydrogen-bond donors (Lipinski definition) is 2. The van der Waals surface area contributed by atoms with E-state index in [1.807, 2.05) is 6.07 Å². The van der Waals surface area contributed by atoms with Crippen LogP contribution in [0.1, 0.15) is 31.2 Å². The van der Waals surface area contributed by atoms with E-state index in [2.05, 4.69) is 71.0 Å². The number of fused-ring (bicyclic) bond motifs is 1. The van der Waals surface area contributed by atoms with Gasteiger partial charge in [0.05, 0.1) is 6.61 Å². The summed E-state index contributed by atoms with van der Waals surface area (Å²) in [6.45, 7) is 6.63. The second-order valence-corrected chi connectivity index (χ2v) is 7.50. The molecule has 0 aliphatic carbocycles. The number of hydrogen-bond acceptors (Lipinski definition) is 3. The van der Waals surface area contributed by atoms with Gasteiger partial charge in [0.15, 0.2) is 5.96 Å². The van der Waals surface area contributed by atoms with E-state index >= 15 is 0 Å². The van der Waals surface area contributed by atoms with Gasteiger partial charge in [-0.3, -0.25) is 4.99 Å². The number of para-hydroxylation sites is 2. The van der Waals surface area contributed by atoms with Crippen molar-refractivity contribution in [3.8, 4) is 5.75 Å². The van der Waals surface area contributed by atoms with E-state index < -0.39 is 0 Å². The van der Waals surface area contributed by atoms with E-state index in [9.17, 15) is 0 Å². The van der Waals surface area contributed by atoms with E-state index in [0.29, 0.717) is 12.0 Å². The van der Waals surface area contributed by atoms with Crippen LogP contribution in [0.15, 0.2) is 59.6 Å². The molecule has 0 spiro atoms. The zero-order chi connectivity index (χ0) is 19.2. The molecule has 2 atom stereocenters. The lowest BCUT2D eigenvalue weighted by Crippen LogP contribution is -2.44. The van der Waals surface area contributed by atoms with Crippen LogP contribution < -0.4 is 20.3 Å². The highest BCUT2D eigenvalue weighted by atomic mass is 16.5. The molecule has 28 heavy (non-hydrogen) atoms. The van der Waals surface area contributed by atoms with E-state index in [0.717, 1.165) is 57.3 Å². The van der Waals surface area contributed by atoms with Crippen LogP contribution in [0.2, 0.25) is 0 Å². The molecule has 2 heterocycles. The zero-order valence-corrected chi connectivity index (χ0v) is 16.6. The molecule has 2 aliphatic rings. The van der Waals surface area contributed by atoms with E-state index in [1.54, 1.807) is 0 Å². The first kappa shape index (κ1) is 18.7. The van der Waals surface area contributed by atoms with E-state index in [-0.39, 0.29) is 0 Å². The normalized spacial score (nSPS) is 21.8. The maximum atomic E-state index is 5.78. The first-order valence-corrected chi connectivity index (χ1v) is 10.4. The van der Waals surface area contributed by atoms with Gasteiger partial charge >= 0.3 is 0 Å². The average molecular weight is 379 g/mol. The van der Waals surface area contributed by atoms with Crippen molar-refractivity contribution in [1.29, 1.82) is 0 Å². The lowest BCUT2D eigenvalue weighted by Gasteiger charge is -2.25. The number of nitrogens with one attached hydrogen (secondary N) is 2. The highest BCUT2D eigenvalue weighted by Crippen LogP contribution is 2.33. The topological polar surface area (TPSA) is 48.9 Å². The summed E-state index contributed by atoms with van der Waals surface area (Å²) in [7, 11) is 0. The monoisotopic (exact) mass is 378 g/mol. The summed E-state index contributed by atoms with van der Waals surface area (Å²) in [6.07, 6.45) is 2.14. The van der Waals surface area contributed by atoms with Gasteiger partial charge in [-0.2, -0.15) is 0 Å². The Balaban J connectivity index is 1.38. The number of nitrogens with zero attached hydrogens (tertiary/aromatic N) is 2. The summed E-state index contributed by atoms with van der Waals surface area (Å²) >= 11 is 0. The van der Waals surface area contributed by atoms with Gasteiger partial charge in [-0.05, 0) is 43.5 Å². The molecule has 5 heteroatoms. The van der Waals surface area contributed by atoms with Gasteiger partial charge in [0.25, 0.3) is 0 Å². The SMILES string of the molecule is CCNC(=NCC1CCOc2ccccc21)NC1CCN(c2ccccc2)C1. The van der Waals surface area contributed by atoms with Crippen LogP contribution in [-0.4, -0.2) is 44.8 Å². The smallest absolute Gasteiger partial charge is 0.191 e. The van der Waals surface area contributed by atoms with E-state index in [4.69, 9.17) is 9.73 Å². The molecule has 2 aromatic carbocycles. The zero-order valence-electron chi connectivity index (χ0n) is 16.6. The summed E-state index contributed by atoms with van der Waals surface area (Å²) in [6, 6.07) is 19.4. The Morgan fingerprint density at radius 2 is 1.93 bits per heavy atom. The minimum absolute atomic E-state index is 0.417. The standard InChI is InChI=1S/C23H30N4O/c1-2-24-23(25-16-18-13-15-28-22-11-7-6-10-21(18)22)26-19-12-14-27(17-19)20-8-4-3-5-9-20/h3-11,18-19H,2,12-17H2,1H3,(H2,24,25,26). The maximum Gasteiger partial charge on any atom is 0.191 e. The molecular weight excluding hydrogens is 348 g/mol. The number of guanidine groups is 1. The molecule has 1 saturated heterocycles. The lowest BCUT2D eigenvalue weighted by molar-refractivity contribution is 0.269. The van der Waals surface area contributed by atoms with Crippen molar-refractivity contribution >= 4 is 11.6 Å². The fourth-order valence-electron chi connectivity index (χ4n) is 4.07. The minimum atomic E-state index is 0.417. The van der Waals surface area contributed by atoms with Gasteiger partial charge in [0, 0.05) is 43.8 Å². The van der Waals surface area contributed by atoms with Crippen LogP contribution in [-0.2, 0) is 0 Å². The number of benzene rings is 2. The minimum Gasteiger partial charge on any atom is -0.493 e. The number of anilines is 1. The molecule has 0 saturated carbocycles. The molecule has 2 N–H and O–H groups in total. The Hall–Kier alpha value is -2.69. The second-order valence-electron chi connectivity index (χ2n) is 7.50. The number of rotatable bonds is 5. The summed E-state index contributed by atoms with van der Waals surface area (Å²) in [4.78, 5) is 7.36. The van der Waals surface area contributed by atoms with Crippen LogP contribution in [0.3, 0.4) is 0 Å². The van der Waals surface area contributed by atoms with Crippen LogP contribution in [0.4, 0.5) is 5.69 Å². The lowest BCUT2D eigenvalue weighted by atomic mass is 9.93. The van der Waals surface area contributed by atoms with Crippen LogP contribution >= 0.6 is 0 Å². The Bertz CT molecular complexity index is 792. The highest BCUT2D eigenvalue weighted by molar-refractivity contribution is 5.80. The summed E-state index contributed by atoms with van der Waals surface area (Å²) < 4.78 is 5.78. The molecule has 4 rings (SSSR count). The van der Waals surface area contributed by atoms with Crippen molar-refractivity contribution < 1.29 is 4.74 Å². The first-order valence-electron chi connectivity index (χ1n) is 10.4. The number of aliphatic imine (C=N–C) groups is 1. The second kappa shape index (κ2) is 9.00. The van der Waals surface area contributed by atoms with Gasteiger partial charge in [0.1, 0.15) is 5.75 Å². The Labute approximate surface area is 167 Å². The summed E-state index contributed by atoms with van der Waals surface area (Å²) in [5, 5.41) is 7.06. The van der Waals surface area contributed by atoms with Crippen molar-refractivity contribution in [1.82, 2.24) is 10.6 Å².